The molecule has 0 saturated heterocycles. The summed E-state index contributed by atoms with van der Waals surface area (Å²) in [6.45, 7) is 23.2. The number of rotatable bonds is 12. The number of furan rings is 1. The van der Waals surface area contributed by atoms with E-state index in [2.05, 4.69) is 120 Å². The molecule has 0 amide bonds. The minimum atomic E-state index is -0.337. The molecule has 0 saturated carbocycles. The van der Waals surface area contributed by atoms with Crippen molar-refractivity contribution in [3.05, 3.63) is 125 Å². The summed E-state index contributed by atoms with van der Waals surface area (Å²) in [5, 5.41) is 13.5. The predicted molar refractivity (Wildman–Crippen MR) is 233 cm³/mol. The number of aliphatic hydroxyl groups excluding tert-OH is 1. The maximum Gasteiger partial charge on any atom is 0.219 e. The van der Waals surface area contributed by atoms with Crippen molar-refractivity contribution in [1.29, 1.82) is 0 Å². The third-order valence-corrected chi connectivity index (χ3v) is 12.0. The summed E-state index contributed by atoms with van der Waals surface area (Å²) in [6.07, 6.45) is 7.66. The Morgan fingerprint density at radius 1 is 0.804 bits per heavy atom. The fraction of sp³-hybridized carbons (Fsp3) is 0.373. The molecule has 0 aliphatic rings. The third kappa shape index (κ3) is 9.44. The second-order valence-electron chi connectivity index (χ2n) is 16.3. The van der Waals surface area contributed by atoms with Gasteiger partial charge in [-0.1, -0.05) is 139 Å². The van der Waals surface area contributed by atoms with E-state index in [4.69, 9.17) is 9.40 Å². The van der Waals surface area contributed by atoms with Crippen molar-refractivity contribution >= 4 is 27.7 Å². The Morgan fingerprint density at radius 3 is 1.98 bits per heavy atom. The van der Waals surface area contributed by atoms with Gasteiger partial charge in [0.05, 0.1) is 6.26 Å². The van der Waals surface area contributed by atoms with E-state index < -0.39 is 0 Å². The average Bonchev–Trinajstić information content (AvgIpc) is 3.56. The van der Waals surface area contributed by atoms with Crippen LogP contribution < -0.4 is 0 Å². The van der Waals surface area contributed by atoms with Crippen LogP contribution in [0.25, 0.3) is 55.4 Å². The summed E-state index contributed by atoms with van der Waals surface area (Å²) in [6, 6.07) is 31.8. The SMILES string of the molecule is CCC(C)(CC)C(=O)/C=C(\O)C(C)(CC)CC.Cc1cc(CC(C)C)cc(C)c1-c1cc(-c2[c-]c3ccccc3c(-c3ccccc3)c2)nc2occ(C)c12.[Ir]. The van der Waals surface area contributed by atoms with Gasteiger partial charge < -0.3 is 9.52 Å². The van der Waals surface area contributed by atoms with Gasteiger partial charge in [-0.2, -0.15) is 0 Å². The summed E-state index contributed by atoms with van der Waals surface area (Å²) in [4.78, 5) is 17.2. The van der Waals surface area contributed by atoms with Gasteiger partial charge in [0, 0.05) is 48.1 Å². The predicted octanol–water partition coefficient (Wildman–Crippen LogP) is 14.6. The second kappa shape index (κ2) is 18.8. The molecule has 4 nitrogen and oxygen atoms in total. The maximum absolute atomic E-state index is 12.2. The standard InChI is InChI=1S/C36H32NO.C15H28O2.Ir/c1-22(2)15-26-16-23(3)34(24(4)17-26)32-20-33(37-36-35(32)25(5)21-38-36)29-18-28-13-9-10-14-30(28)31(19-29)27-11-7-6-8-12-27;1-7-14(5,8-2)12(16)11-13(17)15(6,9-3)10-4;/h6-14,16-17,19-22H,15H2,1-5H3;11,16H,7-10H2,1-6H3;/q-1;;/b;12-11-;. The van der Waals surface area contributed by atoms with E-state index in [1.807, 2.05) is 47.8 Å². The van der Waals surface area contributed by atoms with E-state index in [9.17, 15) is 9.90 Å². The number of allylic oxidation sites excluding steroid dienone is 2. The molecule has 0 bridgehead atoms. The number of carbonyl (C=O) groups is 1. The zero-order chi connectivity index (χ0) is 40.1. The number of hydrogen-bond acceptors (Lipinski definition) is 4. The number of pyridine rings is 1. The fourth-order valence-electron chi connectivity index (χ4n) is 7.50. The number of ketones is 1. The number of hydrogen-bond donors (Lipinski definition) is 1. The molecule has 56 heavy (non-hydrogen) atoms. The van der Waals surface area contributed by atoms with Crippen LogP contribution in [0, 0.1) is 43.6 Å². The average molecular weight is 927 g/mol. The maximum atomic E-state index is 12.2. The number of fused-ring (bicyclic) bond motifs is 2. The number of aliphatic hydroxyl groups is 1. The van der Waals surface area contributed by atoms with Gasteiger partial charge in [-0.05, 0) is 97.7 Å². The molecule has 1 N–H and O–H groups in total. The molecule has 1 radical (unpaired) electrons. The topological polar surface area (TPSA) is 63.3 Å². The van der Waals surface area contributed by atoms with Gasteiger partial charge in [-0.15, -0.1) is 23.6 Å². The van der Waals surface area contributed by atoms with Crippen LogP contribution in [-0.4, -0.2) is 15.9 Å². The zero-order valence-electron chi connectivity index (χ0n) is 35.3. The molecular weight excluding hydrogens is 867 g/mol. The minimum Gasteiger partial charge on any atom is -0.512 e. The van der Waals surface area contributed by atoms with Crippen molar-refractivity contribution in [2.75, 3.05) is 0 Å². The van der Waals surface area contributed by atoms with Gasteiger partial charge in [0.1, 0.15) is 5.76 Å². The molecule has 6 rings (SSSR count). The first-order valence-corrected chi connectivity index (χ1v) is 20.1. The Hall–Kier alpha value is -4.31. The smallest absolute Gasteiger partial charge is 0.219 e. The molecule has 0 unspecified atom stereocenters. The van der Waals surface area contributed by atoms with E-state index in [1.54, 1.807) is 0 Å². The minimum absolute atomic E-state index is 0. The first-order valence-electron chi connectivity index (χ1n) is 20.1. The van der Waals surface area contributed by atoms with Crippen LogP contribution in [0.4, 0.5) is 0 Å². The Bertz CT molecular complexity index is 2280. The Kier molecular flexibility index (Phi) is 14.9. The molecule has 2 heterocycles. The summed E-state index contributed by atoms with van der Waals surface area (Å²) < 4.78 is 6.01. The zero-order valence-corrected chi connectivity index (χ0v) is 37.7. The van der Waals surface area contributed by atoms with E-state index in [0.717, 1.165) is 59.7 Å². The monoisotopic (exact) mass is 927 g/mol. The van der Waals surface area contributed by atoms with Crippen molar-refractivity contribution in [2.45, 2.75) is 108 Å². The molecule has 0 aliphatic heterocycles. The number of nitrogens with zero attached hydrogens (tertiary/aromatic N) is 1. The molecule has 0 fully saturated rings. The van der Waals surface area contributed by atoms with Crippen molar-refractivity contribution in [2.24, 2.45) is 16.7 Å². The van der Waals surface area contributed by atoms with Gasteiger partial charge in [-0.25, -0.2) is 0 Å². The molecule has 0 atom stereocenters. The van der Waals surface area contributed by atoms with Crippen molar-refractivity contribution in [3.8, 4) is 33.5 Å². The third-order valence-electron chi connectivity index (χ3n) is 12.0. The normalized spacial score (nSPS) is 12.1. The largest absolute Gasteiger partial charge is 0.512 e. The number of aromatic nitrogens is 1. The second-order valence-corrected chi connectivity index (χ2v) is 16.3. The molecule has 2 aromatic heterocycles. The van der Waals surface area contributed by atoms with Crippen LogP contribution in [0.15, 0.2) is 101 Å². The molecule has 6 aromatic rings. The van der Waals surface area contributed by atoms with Gasteiger partial charge in [0.25, 0.3) is 0 Å². The van der Waals surface area contributed by atoms with Crippen LogP contribution in [-0.2, 0) is 31.3 Å². The first kappa shape index (κ1) is 44.4. The molecular formula is C51H60IrNO3-. The van der Waals surface area contributed by atoms with Crippen LogP contribution in [0.3, 0.4) is 0 Å². The van der Waals surface area contributed by atoms with Gasteiger partial charge in [-0.3, -0.25) is 9.78 Å². The number of aryl methyl sites for hydroxylation is 3. The number of benzene rings is 4. The van der Waals surface area contributed by atoms with Crippen molar-refractivity contribution in [3.63, 3.8) is 0 Å². The van der Waals surface area contributed by atoms with Crippen LogP contribution in [0.5, 0.6) is 0 Å². The van der Waals surface area contributed by atoms with E-state index >= 15 is 0 Å². The summed E-state index contributed by atoms with van der Waals surface area (Å²) in [7, 11) is 0. The quantitative estimate of drug-likeness (QED) is 0.0754. The Balaban J connectivity index is 0.000000330. The van der Waals surface area contributed by atoms with Gasteiger partial charge >= 0.3 is 0 Å². The van der Waals surface area contributed by atoms with E-state index in [-0.39, 0.29) is 42.5 Å². The van der Waals surface area contributed by atoms with E-state index in [1.165, 1.54) is 50.4 Å². The summed E-state index contributed by atoms with van der Waals surface area (Å²) in [5.41, 5.74) is 11.8. The van der Waals surface area contributed by atoms with Crippen LogP contribution in [0.2, 0.25) is 0 Å². The fourth-order valence-corrected chi connectivity index (χ4v) is 7.50. The van der Waals surface area contributed by atoms with Crippen LogP contribution in [0.1, 0.15) is 103 Å². The Labute approximate surface area is 349 Å². The van der Waals surface area contributed by atoms with Crippen molar-refractivity contribution < 1.29 is 34.4 Å². The molecule has 4 aromatic carbocycles. The molecule has 0 aliphatic carbocycles. The summed E-state index contributed by atoms with van der Waals surface area (Å²) in [5.74, 6) is 0.908. The van der Waals surface area contributed by atoms with E-state index in [0.29, 0.717) is 11.6 Å². The van der Waals surface area contributed by atoms with Crippen molar-refractivity contribution in [1.82, 2.24) is 4.98 Å². The summed E-state index contributed by atoms with van der Waals surface area (Å²) >= 11 is 0. The molecule has 297 valence electrons. The number of carbonyl (C=O) groups excluding carboxylic acids is 1. The Morgan fingerprint density at radius 2 is 1.39 bits per heavy atom. The van der Waals surface area contributed by atoms with Gasteiger partial charge in [0.2, 0.25) is 5.71 Å². The van der Waals surface area contributed by atoms with Gasteiger partial charge in [0.15, 0.2) is 5.78 Å². The molecule has 5 heteroatoms. The first-order chi connectivity index (χ1) is 26.2. The molecule has 0 spiro atoms. The van der Waals surface area contributed by atoms with Crippen LogP contribution >= 0.6 is 0 Å².